The molecule has 0 aliphatic heterocycles. The molecule has 0 spiro atoms. The monoisotopic (exact) mass is 1960 g/mol. The maximum absolute atomic E-state index is 8.58. The number of hydrogen-bond acceptors (Lipinski definition) is 4. The molecule has 0 aliphatic rings. The first-order chi connectivity index (χ1) is 67.0. The fourth-order valence-corrected chi connectivity index (χ4v) is 22.3. The highest BCUT2D eigenvalue weighted by Crippen LogP contribution is 2.28. The van der Waals surface area contributed by atoms with E-state index in [0.717, 1.165) is 0 Å². The first-order valence-electron chi connectivity index (χ1n) is 65.2. The van der Waals surface area contributed by atoms with Crippen molar-refractivity contribution >= 4 is 9.05 Å². The lowest BCUT2D eigenvalue weighted by Crippen LogP contribution is -2.82. The normalized spacial score (nSPS) is 12.0. The van der Waals surface area contributed by atoms with E-state index in [2.05, 4.69) is 111 Å². The Hall–Kier alpha value is -0.103. The van der Waals surface area contributed by atoms with Gasteiger partial charge in [0.1, 0.15) is 0 Å². The van der Waals surface area contributed by atoms with Crippen LogP contribution in [0.25, 0.3) is 0 Å². The van der Waals surface area contributed by atoms with Gasteiger partial charge in [-0.3, -0.25) is 0 Å². The molecule has 9 heteroatoms. The van der Waals surface area contributed by atoms with Gasteiger partial charge in [0.05, 0.1) is 105 Å². The summed E-state index contributed by atoms with van der Waals surface area (Å²) >= 11 is 0. The van der Waals surface area contributed by atoms with Gasteiger partial charge in [0.25, 0.3) is 0 Å². The third kappa shape index (κ3) is 118. The molecule has 0 saturated carbocycles. The maximum atomic E-state index is 8.58. The lowest BCUT2D eigenvalue weighted by atomic mass is 10.0. The van der Waals surface area contributed by atoms with Crippen LogP contribution in [0.5, 0.6) is 0 Å². The Labute approximate surface area is 872 Å². The van der Waals surface area contributed by atoms with E-state index in [9.17, 15) is 0 Å². The molecule has 137 heavy (non-hydrogen) atoms. The molecular weight excluding hydrogens is 1690 g/mol. The smallest absolute Gasteiger partial charge is 0.0786 e. The molecule has 0 unspecified atom stereocenters. The quantitative estimate of drug-likeness (QED) is 0.0345. The van der Waals surface area contributed by atoms with Crippen molar-refractivity contribution in [2.24, 2.45) is 0 Å². The third-order valence-electron chi connectivity index (χ3n) is 31.8. The van der Waals surface area contributed by atoms with Crippen molar-refractivity contribution in [3.05, 3.63) is 0 Å². The Bertz CT molecular complexity index is 1520. The summed E-state index contributed by atoms with van der Waals surface area (Å²) in [5.41, 5.74) is 0. The van der Waals surface area contributed by atoms with Gasteiger partial charge < -0.3 is 46.2 Å². The maximum Gasteiger partial charge on any atom is 0.0786 e. The first kappa shape index (κ1) is 145. The molecule has 0 radical (unpaired) electrons. The van der Waals surface area contributed by atoms with Crippen molar-refractivity contribution in [3.8, 4) is 0 Å². The molecule has 0 aliphatic carbocycles. The predicted molar refractivity (Wildman–Crippen MR) is 619 cm³/mol. The molecule has 0 heterocycles. The van der Waals surface area contributed by atoms with Crippen LogP contribution >= 0.6 is 0 Å². The predicted octanol–water partition coefficient (Wildman–Crippen LogP) is 39.8. The zero-order valence-electron chi connectivity index (χ0n) is 99.1. The average molecular weight is 1960 g/mol. The van der Waals surface area contributed by atoms with Crippen molar-refractivity contribution in [2.45, 2.75) is 727 Å². The molecule has 832 valence electrons. The summed E-state index contributed by atoms with van der Waals surface area (Å²) in [6, 6.07) is 0. The number of hydrogen-bond donors (Lipinski definition) is 0. The molecule has 0 saturated heterocycles. The van der Waals surface area contributed by atoms with Crippen LogP contribution in [0.4, 0.5) is 0 Å². The number of quaternary nitrogens is 4. The van der Waals surface area contributed by atoms with Crippen LogP contribution in [-0.2, 0) is 0 Å². The van der Waals surface area contributed by atoms with E-state index < -0.39 is 9.05 Å². The minimum Gasteiger partial charge on any atom is -0.894 e. The van der Waals surface area contributed by atoms with E-state index in [1.807, 2.05) is 0 Å². The summed E-state index contributed by atoms with van der Waals surface area (Å²) in [6.07, 6.45) is 139. The Morgan fingerprint density at radius 2 is 0.131 bits per heavy atom. The third-order valence-corrected chi connectivity index (χ3v) is 31.8. The van der Waals surface area contributed by atoms with Crippen LogP contribution in [0.15, 0.2) is 0 Å². The van der Waals surface area contributed by atoms with Gasteiger partial charge in [0.15, 0.2) is 0 Å². The second-order valence-electron chi connectivity index (χ2n) is 45.7. The fraction of sp³-hybridized carbons (Fsp3) is 1.00. The lowest BCUT2D eigenvalue weighted by Gasteiger charge is -2.67. The average Bonchev–Trinajstić information content (AvgIpc) is 0.886. The lowest BCUT2D eigenvalue weighted by molar-refractivity contribution is -0.929. The topological polar surface area (TPSA) is 92.2 Å². The van der Waals surface area contributed by atoms with Crippen molar-refractivity contribution in [2.75, 3.05) is 105 Å². The summed E-state index contributed by atoms with van der Waals surface area (Å²) in [5, 5.41) is 0. The van der Waals surface area contributed by atoms with Crippen LogP contribution in [0.1, 0.15) is 727 Å². The Balaban J connectivity index is -0.000000555. The van der Waals surface area contributed by atoms with Gasteiger partial charge in [-0.2, -0.15) is 0 Å². The number of unbranched alkanes of at least 4 members (excludes halogenated alkanes) is 80. The van der Waals surface area contributed by atoms with Crippen LogP contribution in [0, 0.1) is 0 Å². The van der Waals surface area contributed by atoms with Crippen molar-refractivity contribution in [1.29, 1.82) is 0 Å². The number of rotatable bonds is 112. The van der Waals surface area contributed by atoms with Gasteiger partial charge in [-0.15, -0.1) is 0 Å². The van der Waals surface area contributed by atoms with Gasteiger partial charge in [-0.1, -0.05) is 522 Å². The van der Waals surface area contributed by atoms with Crippen molar-refractivity contribution < 1.29 is 37.1 Å². The first-order valence-corrected chi connectivity index (χ1v) is 66.8. The van der Waals surface area contributed by atoms with Gasteiger partial charge in [-0.05, 0) is 205 Å². The van der Waals surface area contributed by atoms with Crippen LogP contribution in [-0.4, -0.2) is 132 Å². The van der Waals surface area contributed by atoms with Crippen LogP contribution < -0.4 is 19.2 Å². The zero-order chi connectivity index (χ0) is 102. The Morgan fingerprint density at radius 3 is 0.182 bits per heavy atom. The SMILES string of the molecule is CCCCCCCC[N+](CCCCCCCC)(CCCCCCCC)CCCCCCCC.CCCCCCCC[N+](CCCCCCCC)(CCCCCCCC)CCCCCCCC.CCCCCCCC[N+](CCCCCCCC)(CCCCCCCC)CCCCCCCC.CCCCCCCC[N+](CCCCCCCC)(CCCCCCCC)CCCCCCCC.[O-][Si]([O-])([O-])[O-]. The molecule has 0 bridgehead atoms. The highest BCUT2D eigenvalue weighted by Gasteiger charge is 2.30. The van der Waals surface area contributed by atoms with Crippen molar-refractivity contribution in [3.63, 3.8) is 0 Å². The molecule has 0 amide bonds. The minimum atomic E-state index is -5.61. The molecule has 0 aromatic heterocycles. The van der Waals surface area contributed by atoms with E-state index in [-0.39, 0.29) is 0 Å². The largest absolute Gasteiger partial charge is 0.894 e. The molecule has 0 aromatic carbocycles. The van der Waals surface area contributed by atoms with Gasteiger partial charge in [-0.25, -0.2) is 0 Å². The molecular formula is C128H272N4O4Si. The van der Waals surface area contributed by atoms with Gasteiger partial charge >= 0.3 is 0 Å². The minimum absolute atomic E-state index is 1.37. The molecule has 0 rings (SSSR count). The van der Waals surface area contributed by atoms with E-state index in [4.69, 9.17) is 19.2 Å². The van der Waals surface area contributed by atoms with Gasteiger partial charge in [0.2, 0.25) is 0 Å². The highest BCUT2D eigenvalue weighted by molar-refractivity contribution is 6.38. The Morgan fingerprint density at radius 1 is 0.0876 bits per heavy atom. The summed E-state index contributed by atoms with van der Waals surface area (Å²) in [4.78, 5) is 34.3. The molecule has 0 N–H and O–H groups in total. The fourth-order valence-electron chi connectivity index (χ4n) is 22.3. The summed E-state index contributed by atoms with van der Waals surface area (Å²) < 4.78 is 5.90. The van der Waals surface area contributed by atoms with E-state index in [1.165, 1.54) is 739 Å². The standard InChI is InChI=1S/4C32H68N.O4Si/c4*1-5-9-13-17-21-25-29-33(30-26-22-18-14-10-6-2,31-27-23-19-15-11-7-3)32-28-24-20-16-12-8-4;1-5(2,3)4/h4*5-32H2,1-4H3;/q4*+1;-4. The number of nitrogens with zero attached hydrogens (tertiary/aromatic N) is 4. The Kier molecular flexibility index (Phi) is 130. The second kappa shape index (κ2) is 123. The summed E-state index contributed by atoms with van der Waals surface area (Å²) in [7, 11) is -5.61. The van der Waals surface area contributed by atoms with Crippen LogP contribution in [0.2, 0.25) is 0 Å². The highest BCUT2D eigenvalue weighted by atomic mass is 28.4. The van der Waals surface area contributed by atoms with E-state index in [0.29, 0.717) is 0 Å². The van der Waals surface area contributed by atoms with E-state index >= 15 is 0 Å². The molecule has 0 atom stereocenters. The molecule has 8 nitrogen and oxygen atoms in total. The summed E-state index contributed by atoms with van der Waals surface area (Å²) in [5.74, 6) is 0. The molecule has 0 fully saturated rings. The second-order valence-corrected chi connectivity index (χ2v) is 46.7. The van der Waals surface area contributed by atoms with Gasteiger partial charge in [0, 0.05) is 0 Å². The van der Waals surface area contributed by atoms with E-state index in [1.54, 1.807) is 0 Å². The summed E-state index contributed by atoms with van der Waals surface area (Å²) in [6.45, 7) is 61.0. The zero-order valence-corrected chi connectivity index (χ0v) is 100. The molecule has 0 aromatic rings. The van der Waals surface area contributed by atoms with Crippen molar-refractivity contribution in [1.82, 2.24) is 0 Å². The van der Waals surface area contributed by atoms with Crippen LogP contribution in [0.3, 0.4) is 0 Å².